The summed E-state index contributed by atoms with van der Waals surface area (Å²) >= 11 is 5.76. The number of ether oxygens (including phenoxy) is 1. The van der Waals surface area contributed by atoms with E-state index in [9.17, 15) is 0 Å². The van der Waals surface area contributed by atoms with Gasteiger partial charge in [0.15, 0.2) is 5.17 Å². The SMILES string of the molecule is COc1cccc2[nH]cc(/C(Cl)=N/O)c12. The number of methoxy groups -OCH3 is 1. The van der Waals surface area contributed by atoms with Crippen LogP contribution in [0, 0.1) is 0 Å². The van der Waals surface area contributed by atoms with Crippen molar-refractivity contribution >= 4 is 27.7 Å². The number of halogens is 1. The molecule has 0 atom stereocenters. The molecular weight excluding hydrogens is 216 g/mol. The molecule has 0 aliphatic carbocycles. The number of aromatic nitrogens is 1. The van der Waals surface area contributed by atoms with E-state index in [0.29, 0.717) is 11.3 Å². The molecule has 5 heteroatoms. The molecule has 1 heterocycles. The van der Waals surface area contributed by atoms with Crippen molar-refractivity contribution in [2.24, 2.45) is 5.16 Å². The van der Waals surface area contributed by atoms with Gasteiger partial charge in [-0.05, 0) is 12.1 Å². The van der Waals surface area contributed by atoms with E-state index < -0.39 is 0 Å². The molecule has 2 N–H and O–H groups in total. The first kappa shape index (κ1) is 9.86. The molecule has 0 spiro atoms. The number of benzene rings is 1. The predicted octanol–water partition coefficient (Wildman–Crippen LogP) is 2.55. The van der Waals surface area contributed by atoms with E-state index in [4.69, 9.17) is 21.5 Å². The van der Waals surface area contributed by atoms with E-state index in [2.05, 4.69) is 10.1 Å². The van der Waals surface area contributed by atoms with Crippen LogP contribution in [0.25, 0.3) is 10.9 Å². The van der Waals surface area contributed by atoms with Crippen molar-refractivity contribution in [1.82, 2.24) is 4.98 Å². The normalized spacial score (nSPS) is 12.0. The predicted molar refractivity (Wildman–Crippen MR) is 59.0 cm³/mol. The second-order valence-corrected chi connectivity index (χ2v) is 3.33. The Hall–Kier alpha value is -1.68. The lowest BCUT2D eigenvalue weighted by Gasteiger charge is -2.02. The number of nitrogens with zero attached hydrogens (tertiary/aromatic N) is 1. The molecule has 2 rings (SSSR count). The van der Waals surface area contributed by atoms with E-state index in [1.807, 2.05) is 18.2 Å². The molecule has 0 saturated heterocycles. The lowest BCUT2D eigenvalue weighted by molar-refractivity contribution is 0.321. The minimum absolute atomic E-state index is 0.0331. The number of fused-ring (bicyclic) bond motifs is 1. The van der Waals surface area contributed by atoms with Gasteiger partial charge in [-0.3, -0.25) is 0 Å². The van der Waals surface area contributed by atoms with Crippen molar-refractivity contribution in [3.8, 4) is 5.75 Å². The fraction of sp³-hybridized carbons (Fsp3) is 0.100. The first-order valence-electron chi connectivity index (χ1n) is 4.30. The van der Waals surface area contributed by atoms with Crippen molar-refractivity contribution < 1.29 is 9.94 Å². The number of aromatic amines is 1. The van der Waals surface area contributed by atoms with Gasteiger partial charge in [0, 0.05) is 17.3 Å². The highest BCUT2D eigenvalue weighted by Gasteiger charge is 2.12. The molecule has 0 bridgehead atoms. The fourth-order valence-corrected chi connectivity index (χ4v) is 1.69. The molecule has 0 fully saturated rings. The van der Waals surface area contributed by atoms with E-state index in [1.165, 1.54) is 0 Å². The van der Waals surface area contributed by atoms with Gasteiger partial charge in [0.25, 0.3) is 0 Å². The van der Waals surface area contributed by atoms with E-state index in [1.54, 1.807) is 13.3 Å². The highest BCUT2D eigenvalue weighted by molar-refractivity contribution is 6.70. The highest BCUT2D eigenvalue weighted by Crippen LogP contribution is 2.29. The Bertz CT molecular complexity index is 519. The van der Waals surface area contributed by atoms with Gasteiger partial charge in [0.05, 0.1) is 12.5 Å². The Kier molecular flexibility index (Phi) is 2.51. The molecule has 1 aromatic heterocycles. The summed E-state index contributed by atoms with van der Waals surface area (Å²) in [6.45, 7) is 0. The molecule has 0 saturated carbocycles. The van der Waals surface area contributed by atoms with Crippen LogP contribution in [0.15, 0.2) is 29.6 Å². The number of oxime groups is 1. The molecule has 0 aliphatic heterocycles. The van der Waals surface area contributed by atoms with Crippen molar-refractivity contribution in [3.05, 3.63) is 30.0 Å². The average molecular weight is 225 g/mol. The summed E-state index contributed by atoms with van der Waals surface area (Å²) in [5, 5.41) is 12.4. The van der Waals surface area contributed by atoms with Crippen molar-refractivity contribution in [3.63, 3.8) is 0 Å². The van der Waals surface area contributed by atoms with Gasteiger partial charge in [0.1, 0.15) is 5.75 Å². The van der Waals surface area contributed by atoms with Crippen LogP contribution in [-0.2, 0) is 0 Å². The Morgan fingerprint density at radius 1 is 1.53 bits per heavy atom. The number of hydrogen-bond donors (Lipinski definition) is 2. The zero-order valence-corrected chi connectivity index (χ0v) is 8.75. The van der Waals surface area contributed by atoms with Gasteiger partial charge in [-0.2, -0.15) is 0 Å². The van der Waals surface area contributed by atoms with Gasteiger partial charge >= 0.3 is 0 Å². The third-order valence-corrected chi connectivity index (χ3v) is 2.48. The van der Waals surface area contributed by atoms with Crippen LogP contribution in [0.5, 0.6) is 5.75 Å². The zero-order valence-electron chi connectivity index (χ0n) is 7.99. The summed E-state index contributed by atoms with van der Waals surface area (Å²) in [4.78, 5) is 3.02. The summed E-state index contributed by atoms with van der Waals surface area (Å²) in [5.41, 5.74) is 1.50. The first-order valence-corrected chi connectivity index (χ1v) is 4.67. The van der Waals surface area contributed by atoms with Crippen LogP contribution in [0.4, 0.5) is 0 Å². The Balaban J connectivity index is 2.77. The van der Waals surface area contributed by atoms with Crippen LogP contribution in [0.3, 0.4) is 0 Å². The largest absolute Gasteiger partial charge is 0.496 e. The molecule has 0 amide bonds. The number of hydrogen-bond acceptors (Lipinski definition) is 3. The second-order valence-electron chi connectivity index (χ2n) is 2.98. The molecule has 0 aliphatic rings. The quantitative estimate of drug-likeness (QED) is 0.468. The third-order valence-electron chi connectivity index (χ3n) is 2.20. The number of H-pyrrole nitrogens is 1. The summed E-state index contributed by atoms with van der Waals surface area (Å²) in [6.07, 6.45) is 1.68. The molecule has 4 nitrogen and oxygen atoms in total. The van der Waals surface area contributed by atoms with Crippen LogP contribution in [-0.4, -0.2) is 22.5 Å². The molecule has 2 aromatic rings. The topological polar surface area (TPSA) is 57.6 Å². The maximum Gasteiger partial charge on any atom is 0.177 e. The van der Waals surface area contributed by atoms with Gasteiger partial charge in [-0.25, -0.2) is 0 Å². The number of nitrogens with one attached hydrogen (secondary N) is 1. The van der Waals surface area contributed by atoms with Gasteiger partial charge in [-0.15, -0.1) is 0 Å². The van der Waals surface area contributed by atoms with Crippen LogP contribution < -0.4 is 4.74 Å². The Labute approximate surface area is 91.1 Å². The lowest BCUT2D eigenvalue weighted by Crippen LogP contribution is -1.91. The van der Waals surface area contributed by atoms with Crippen LogP contribution in [0.2, 0.25) is 0 Å². The summed E-state index contributed by atoms with van der Waals surface area (Å²) < 4.78 is 5.21. The Morgan fingerprint density at radius 2 is 2.33 bits per heavy atom. The van der Waals surface area contributed by atoms with Crippen molar-refractivity contribution in [1.29, 1.82) is 0 Å². The summed E-state index contributed by atoms with van der Waals surface area (Å²) in [5.74, 6) is 0.686. The van der Waals surface area contributed by atoms with Crippen molar-refractivity contribution in [2.75, 3.05) is 7.11 Å². The van der Waals surface area contributed by atoms with E-state index >= 15 is 0 Å². The Morgan fingerprint density at radius 3 is 3.00 bits per heavy atom. The lowest BCUT2D eigenvalue weighted by atomic mass is 10.1. The first-order chi connectivity index (χ1) is 7.27. The van der Waals surface area contributed by atoms with Gasteiger partial charge in [0.2, 0.25) is 0 Å². The maximum absolute atomic E-state index is 8.63. The minimum Gasteiger partial charge on any atom is -0.496 e. The maximum atomic E-state index is 8.63. The average Bonchev–Trinajstić information content (AvgIpc) is 2.71. The van der Waals surface area contributed by atoms with Crippen molar-refractivity contribution in [2.45, 2.75) is 0 Å². The molecule has 15 heavy (non-hydrogen) atoms. The minimum atomic E-state index is 0.0331. The summed E-state index contributed by atoms with van der Waals surface area (Å²) in [7, 11) is 1.58. The third kappa shape index (κ3) is 1.53. The van der Waals surface area contributed by atoms with E-state index in [0.717, 1.165) is 10.9 Å². The molecule has 1 aromatic carbocycles. The second kappa shape index (κ2) is 3.82. The summed E-state index contributed by atoms with van der Waals surface area (Å²) in [6, 6.07) is 5.58. The standard InChI is InChI=1S/C10H9ClN2O2/c1-15-8-4-2-3-7-9(8)6(5-12-7)10(11)13-14/h2-5,12,14H,1H3/b13-10-. The molecule has 0 radical (unpaired) electrons. The number of rotatable bonds is 2. The molecule has 78 valence electrons. The van der Waals surface area contributed by atoms with Crippen LogP contribution in [0.1, 0.15) is 5.56 Å². The van der Waals surface area contributed by atoms with Gasteiger partial charge in [-0.1, -0.05) is 22.8 Å². The zero-order chi connectivity index (χ0) is 10.8. The monoisotopic (exact) mass is 224 g/mol. The van der Waals surface area contributed by atoms with E-state index in [-0.39, 0.29) is 5.17 Å². The fourth-order valence-electron chi connectivity index (χ4n) is 1.54. The molecular formula is C10H9ClN2O2. The van der Waals surface area contributed by atoms with Crippen LogP contribution >= 0.6 is 11.6 Å². The highest BCUT2D eigenvalue weighted by atomic mass is 35.5. The smallest absolute Gasteiger partial charge is 0.177 e. The van der Waals surface area contributed by atoms with Gasteiger partial charge < -0.3 is 14.9 Å². The molecule has 0 unspecified atom stereocenters.